The summed E-state index contributed by atoms with van der Waals surface area (Å²) in [5.74, 6) is -4.13. The largest absolute Gasteiger partial charge is 0.432 e. The molecule has 0 radical (unpaired) electrons. The average molecular weight is 649 g/mol. The lowest BCUT2D eigenvalue weighted by Gasteiger charge is -2.28. The summed E-state index contributed by atoms with van der Waals surface area (Å²) in [6.45, 7) is 5.60. The van der Waals surface area contributed by atoms with Crippen molar-refractivity contribution in [2.24, 2.45) is 5.92 Å². The molecule has 0 aromatic heterocycles. The second-order valence-corrected chi connectivity index (χ2v) is 12.2. The molecule has 0 atom stereocenters. The average Bonchev–Trinajstić information content (AvgIpc) is 3.04. The quantitative estimate of drug-likeness (QED) is 0.110. The third-order valence-electron chi connectivity index (χ3n) is 9.04. The van der Waals surface area contributed by atoms with E-state index < -0.39 is 40.7 Å². The van der Waals surface area contributed by atoms with Crippen LogP contribution in [-0.2, 0) is 12.5 Å². The molecule has 1 aliphatic rings. The van der Waals surface area contributed by atoms with Crippen LogP contribution in [0.2, 0.25) is 0 Å². The SMILES string of the molecule is C=CCCc1ccc(OC(F)(F)c2c(F)cc(-c3ccc(-c4ccc(C5CCC(CCC=CC)CC5)cc4)cc3F)cc2F)cc1F. The summed E-state index contributed by atoms with van der Waals surface area (Å²) >= 11 is 0. The molecule has 5 rings (SSSR count). The Hall–Kier alpha value is -4.26. The van der Waals surface area contributed by atoms with E-state index in [9.17, 15) is 13.2 Å². The van der Waals surface area contributed by atoms with Gasteiger partial charge in [0.05, 0.1) is 0 Å². The van der Waals surface area contributed by atoms with Crippen molar-refractivity contribution >= 4 is 0 Å². The molecule has 4 aromatic rings. The van der Waals surface area contributed by atoms with Gasteiger partial charge in [0.25, 0.3) is 0 Å². The summed E-state index contributed by atoms with van der Waals surface area (Å²) in [5, 5.41) is 0. The molecule has 246 valence electrons. The Bertz CT molecular complexity index is 1690. The van der Waals surface area contributed by atoms with Crippen molar-refractivity contribution in [3.63, 3.8) is 0 Å². The lowest BCUT2D eigenvalue weighted by molar-refractivity contribution is -0.189. The molecule has 1 saturated carbocycles. The third-order valence-corrected chi connectivity index (χ3v) is 9.04. The maximum atomic E-state index is 15.3. The van der Waals surface area contributed by atoms with E-state index >= 15 is 13.2 Å². The van der Waals surface area contributed by atoms with Crippen LogP contribution in [0.3, 0.4) is 0 Å². The van der Waals surface area contributed by atoms with E-state index in [1.807, 2.05) is 19.1 Å². The van der Waals surface area contributed by atoms with E-state index in [1.54, 1.807) is 12.1 Å². The van der Waals surface area contributed by atoms with Crippen LogP contribution in [0.15, 0.2) is 97.6 Å². The van der Waals surface area contributed by atoms with E-state index in [2.05, 4.69) is 35.6 Å². The second kappa shape index (κ2) is 15.1. The van der Waals surface area contributed by atoms with E-state index in [4.69, 9.17) is 0 Å². The van der Waals surface area contributed by atoms with Gasteiger partial charge in [-0.15, -0.1) is 6.58 Å². The number of hydrogen-bond acceptors (Lipinski definition) is 1. The molecule has 0 bridgehead atoms. The van der Waals surface area contributed by atoms with Gasteiger partial charge in [-0.2, -0.15) is 8.78 Å². The van der Waals surface area contributed by atoms with Crippen molar-refractivity contribution in [1.29, 1.82) is 0 Å². The number of allylic oxidation sites excluding steroid dienone is 3. The van der Waals surface area contributed by atoms with Gasteiger partial charge in [-0.25, -0.2) is 17.6 Å². The lowest BCUT2D eigenvalue weighted by Crippen LogP contribution is -2.25. The number of benzene rings is 4. The number of aryl methyl sites for hydroxylation is 1. The molecule has 0 unspecified atom stereocenters. The molecule has 0 heterocycles. The van der Waals surface area contributed by atoms with Crippen molar-refractivity contribution in [3.8, 4) is 28.0 Å². The minimum Gasteiger partial charge on any atom is -0.429 e. The van der Waals surface area contributed by atoms with Gasteiger partial charge in [-0.05, 0) is 122 Å². The van der Waals surface area contributed by atoms with Crippen LogP contribution < -0.4 is 4.74 Å². The maximum absolute atomic E-state index is 15.3. The zero-order valence-electron chi connectivity index (χ0n) is 26.4. The highest BCUT2D eigenvalue weighted by Crippen LogP contribution is 2.40. The van der Waals surface area contributed by atoms with Gasteiger partial charge >= 0.3 is 6.11 Å². The zero-order valence-corrected chi connectivity index (χ0v) is 26.4. The second-order valence-electron chi connectivity index (χ2n) is 12.2. The van der Waals surface area contributed by atoms with Crippen LogP contribution in [0.5, 0.6) is 5.75 Å². The Morgan fingerprint density at radius 2 is 1.40 bits per heavy atom. The molecular weight excluding hydrogens is 610 g/mol. The standard InChI is InChI=1S/C40H38F6O/c1-3-5-7-8-26-10-12-27(13-11-26)28-14-16-29(17-15-28)31-19-21-34(36(42)22-31)32-23-37(43)39(38(44)24-32)40(45,46)47-33-20-18-30(9-6-4-2)35(41)25-33/h3-5,14-27H,2,6-13H2,1H3. The monoisotopic (exact) mass is 648 g/mol. The number of halogens is 6. The first kappa shape index (κ1) is 34.1. The molecule has 0 N–H and O–H groups in total. The van der Waals surface area contributed by atoms with E-state index in [0.717, 1.165) is 42.9 Å². The molecule has 0 aliphatic heterocycles. The molecule has 0 saturated heterocycles. The highest BCUT2D eigenvalue weighted by atomic mass is 19.3. The fourth-order valence-electron chi connectivity index (χ4n) is 6.42. The lowest BCUT2D eigenvalue weighted by atomic mass is 9.77. The Morgan fingerprint density at radius 1 is 0.745 bits per heavy atom. The van der Waals surface area contributed by atoms with Crippen LogP contribution in [0.4, 0.5) is 26.3 Å². The van der Waals surface area contributed by atoms with Gasteiger partial charge in [-0.1, -0.05) is 60.7 Å². The van der Waals surface area contributed by atoms with Gasteiger partial charge < -0.3 is 4.74 Å². The molecule has 0 spiro atoms. The number of ether oxygens (including phenoxy) is 1. The van der Waals surface area contributed by atoms with Crippen LogP contribution in [0, 0.1) is 29.2 Å². The highest BCUT2D eigenvalue weighted by molar-refractivity contribution is 5.71. The van der Waals surface area contributed by atoms with E-state index in [-0.39, 0.29) is 16.7 Å². The van der Waals surface area contributed by atoms with Gasteiger partial charge in [0.1, 0.15) is 34.6 Å². The minimum atomic E-state index is -4.47. The predicted octanol–water partition coefficient (Wildman–Crippen LogP) is 12.5. The third kappa shape index (κ3) is 8.19. The van der Waals surface area contributed by atoms with E-state index in [1.165, 1.54) is 43.0 Å². The molecule has 1 nitrogen and oxygen atoms in total. The first-order valence-corrected chi connectivity index (χ1v) is 16.1. The zero-order chi connectivity index (χ0) is 33.6. The fourth-order valence-corrected chi connectivity index (χ4v) is 6.42. The summed E-state index contributed by atoms with van der Waals surface area (Å²) in [4.78, 5) is 0. The maximum Gasteiger partial charge on any atom is 0.432 e. The van der Waals surface area contributed by atoms with Crippen LogP contribution in [0.25, 0.3) is 22.3 Å². The first-order valence-electron chi connectivity index (χ1n) is 16.1. The number of hydrogen-bond donors (Lipinski definition) is 0. The fraction of sp³-hybridized carbons (Fsp3) is 0.300. The van der Waals surface area contributed by atoms with Crippen molar-refractivity contribution in [2.45, 2.75) is 70.3 Å². The van der Waals surface area contributed by atoms with Gasteiger partial charge in [0, 0.05) is 11.6 Å². The smallest absolute Gasteiger partial charge is 0.429 e. The molecular formula is C40H38F6O. The molecule has 1 aliphatic carbocycles. The topological polar surface area (TPSA) is 9.23 Å². The molecule has 7 heteroatoms. The predicted molar refractivity (Wildman–Crippen MR) is 175 cm³/mol. The minimum absolute atomic E-state index is 0.151. The van der Waals surface area contributed by atoms with Gasteiger partial charge in [0.15, 0.2) is 0 Å². The van der Waals surface area contributed by atoms with Crippen LogP contribution >= 0.6 is 0 Å². The Labute approximate surface area is 272 Å². The van der Waals surface area contributed by atoms with Gasteiger partial charge in [-0.3, -0.25) is 0 Å². The van der Waals surface area contributed by atoms with Crippen molar-refractivity contribution in [1.82, 2.24) is 0 Å². The first-order chi connectivity index (χ1) is 22.6. The summed E-state index contributed by atoms with van der Waals surface area (Å²) in [6, 6.07) is 16.7. The summed E-state index contributed by atoms with van der Waals surface area (Å²) < 4.78 is 94.2. The number of rotatable bonds is 12. The summed E-state index contributed by atoms with van der Waals surface area (Å²) in [5.41, 5.74) is 0.822. The highest BCUT2D eigenvalue weighted by Gasteiger charge is 2.41. The normalized spacial score (nSPS) is 16.8. The molecule has 1 fully saturated rings. The van der Waals surface area contributed by atoms with Crippen LogP contribution in [0.1, 0.15) is 74.5 Å². The van der Waals surface area contributed by atoms with Crippen molar-refractivity contribution in [3.05, 3.63) is 138 Å². The van der Waals surface area contributed by atoms with Crippen LogP contribution in [-0.4, -0.2) is 0 Å². The molecule has 0 amide bonds. The molecule has 4 aromatic carbocycles. The van der Waals surface area contributed by atoms with Crippen molar-refractivity contribution in [2.75, 3.05) is 0 Å². The summed E-state index contributed by atoms with van der Waals surface area (Å²) in [6.07, 6.45) is 9.32. The Balaban J connectivity index is 1.28. The van der Waals surface area contributed by atoms with E-state index in [0.29, 0.717) is 36.5 Å². The summed E-state index contributed by atoms with van der Waals surface area (Å²) in [7, 11) is 0. The Morgan fingerprint density at radius 3 is 2.02 bits per heavy atom. The van der Waals surface area contributed by atoms with Gasteiger partial charge in [0.2, 0.25) is 0 Å². The molecule has 47 heavy (non-hydrogen) atoms. The Kier molecular flexibility index (Phi) is 10.9. The van der Waals surface area contributed by atoms with Crippen molar-refractivity contribution < 1.29 is 31.1 Å². The number of alkyl halides is 2.